The standard InChI is InChI=1S/C8H15NS/c1-4-8-9-7(5-10-8)6(2)3/h6-7H,4-5H2,1-3H3/t7-/m1/s1. The van der Waals surface area contributed by atoms with Crippen LogP contribution < -0.4 is 0 Å². The summed E-state index contributed by atoms with van der Waals surface area (Å²) in [6, 6.07) is 0.597. The van der Waals surface area contributed by atoms with E-state index in [1.807, 2.05) is 11.8 Å². The number of thioether (sulfide) groups is 1. The van der Waals surface area contributed by atoms with E-state index in [1.165, 1.54) is 10.8 Å². The molecule has 1 nitrogen and oxygen atoms in total. The number of hydrogen-bond donors (Lipinski definition) is 0. The van der Waals surface area contributed by atoms with Crippen molar-refractivity contribution in [1.82, 2.24) is 0 Å². The molecular formula is C8H15NS. The summed E-state index contributed by atoms with van der Waals surface area (Å²) in [6.45, 7) is 6.66. The summed E-state index contributed by atoms with van der Waals surface area (Å²) in [6.07, 6.45) is 1.12. The average Bonchev–Trinajstić information content (AvgIpc) is 2.34. The Bertz CT molecular complexity index is 140. The first-order valence-electron chi connectivity index (χ1n) is 3.93. The van der Waals surface area contributed by atoms with Gasteiger partial charge in [-0.3, -0.25) is 4.99 Å². The Hall–Kier alpha value is 0.0200. The summed E-state index contributed by atoms with van der Waals surface area (Å²) in [7, 11) is 0. The minimum Gasteiger partial charge on any atom is -0.278 e. The Kier molecular flexibility index (Phi) is 2.78. The Labute approximate surface area is 67.3 Å². The highest BCUT2D eigenvalue weighted by Crippen LogP contribution is 2.24. The first-order chi connectivity index (χ1) is 4.74. The molecule has 0 aromatic heterocycles. The second-order valence-corrected chi connectivity index (χ2v) is 4.09. The van der Waals surface area contributed by atoms with Crippen LogP contribution in [0.1, 0.15) is 27.2 Å². The molecule has 0 saturated heterocycles. The second kappa shape index (κ2) is 3.42. The van der Waals surface area contributed by atoms with Crippen molar-refractivity contribution in [2.45, 2.75) is 33.2 Å². The molecule has 0 aliphatic carbocycles. The van der Waals surface area contributed by atoms with Crippen molar-refractivity contribution in [2.24, 2.45) is 10.9 Å². The fourth-order valence-electron chi connectivity index (χ4n) is 0.976. The number of aliphatic imine (C=N–C) groups is 1. The van der Waals surface area contributed by atoms with Crippen LogP contribution in [0.15, 0.2) is 4.99 Å². The van der Waals surface area contributed by atoms with Gasteiger partial charge in [0.25, 0.3) is 0 Å². The highest BCUT2D eigenvalue weighted by atomic mass is 32.2. The second-order valence-electron chi connectivity index (χ2n) is 3.00. The van der Waals surface area contributed by atoms with E-state index in [1.54, 1.807) is 0 Å². The maximum absolute atomic E-state index is 4.59. The molecule has 2 heteroatoms. The lowest BCUT2D eigenvalue weighted by molar-refractivity contribution is 0.543. The van der Waals surface area contributed by atoms with Gasteiger partial charge in [-0.1, -0.05) is 20.8 Å². The molecule has 1 rings (SSSR count). The summed E-state index contributed by atoms with van der Waals surface area (Å²) >= 11 is 1.93. The van der Waals surface area contributed by atoms with E-state index in [-0.39, 0.29) is 0 Å². The van der Waals surface area contributed by atoms with Crippen LogP contribution in [0, 0.1) is 5.92 Å². The summed E-state index contributed by atoms with van der Waals surface area (Å²) in [5, 5.41) is 1.35. The third-order valence-electron chi connectivity index (χ3n) is 1.80. The number of nitrogens with zero attached hydrogens (tertiary/aromatic N) is 1. The molecule has 0 unspecified atom stereocenters. The normalized spacial score (nSPS) is 25.6. The van der Waals surface area contributed by atoms with Crippen LogP contribution in [0.4, 0.5) is 0 Å². The third kappa shape index (κ3) is 1.75. The molecule has 10 heavy (non-hydrogen) atoms. The van der Waals surface area contributed by atoms with E-state index < -0.39 is 0 Å². The van der Waals surface area contributed by atoms with Gasteiger partial charge in [-0.15, -0.1) is 11.8 Å². The zero-order chi connectivity index (χ0) is 7.56. The summed E-state index contributed by atoms with van der Waals surface area (Å²) < 4.78 is 0. The lowest BCUT2D eigenvalue weighted by Crippen LogP contribution is -2.11. The van der Waals surface area contributed by atoms with Crippen LogP contribution >= 0.6 is 11.8 Å². The monoisotopic (exact) mass is 157 g/mol. The molecule has 1 atom stereocenters. The zero-order valence-electron chi connectivity index (χ0n) is 6.92. The predicted octanol–water partition coefficient (Wildman–Crippen LogP) is 2.57. The molecule has 0 spiro atoms. The molecule has 1 aliphatic heterocycles. The Balaban J connectivity index is 2.47. The highest BCUT2D eigenvalue weighted by molar-refractivity contribution is 8.14. The smallest absolute Gasteiger partial charge is 0.0677 e. The van der Waals surface area contributed by atoms with Crippen LogP contribution in [0.25, 0.3) is 0 Å². The van der Waals surface area contributed by atoms with Gasteiger partial charge in [-0.25, -0.2) is 0 Å². The summed E-state index contributed by atoms with van der Waals surface area (Å²) in [5.74, 6) is 1.93. The largest absolute Gasteiger partial charge is 0.278 e. The molecule has 0 amide bonds. The molecule has 1 heterocycles. The van der Waals surface area contributed by atoms with Gasteiger partial charge in [0.2, 0.25) is 0 Å². The van der Waals surface area contributed by atoms with Gasteiger partial charge < -0.3 is 0 Å². The first-order valence-corrected chi connectivity index (χ1v) is 4.92. The number of rotatable bonds is 2. The van der Waals surface area contributed by atoms with Crippen LogP contribution in [0.5, 0.6) is 0 Å². The van der Waals surface area contributed by atoms with E-state index in [0.717, 1.165) is 12.3 Å². The van der Waals surface area contributed by atoms with Gasteiger partial charge in [0.15, 0.2) is 0 Å². The van der Waals surface area contributed by atoms with E-state index >= 15 is 0 Å². The quantitative estimate of drug-likeness (QED) is 0.600. The molecular weight excluding hydrogens is 142 g/mol. The van der Waals surface area contributed by atoms with Crippen LogP contribution in [0.3, 0.4) is 0 Å². The van der Waals surface area contributed by atoms with Gasteiger partial charge in [-0.2, -0.15) is 0 Å². The lowest BCUT2D eigenvalue weighted by atomic mass is 10.1. The van der Waals surface area contributed by atoms with Crippen LogP contribution in [0.2, 0.25) is 0 Å². The average molecular weight is 157 g/mol. The summed E-state index contributed by atoms with van der Waals surface area (Å²) in [4.78, 5) is 4.59. The number of hydrogen-bond acceptors (Lipinski definition) is 2. The first kappa shape index (κ1) is 8.12. The Morgan fingerprint density at radius 3 is 2.70 bits per heavy atom. The van der Waals surface area contributed by atoms with E-state index in [0.29, 0.717) is 6.04 Å². The minimum absolute atomic E-state index is 0.597. The minimum atomic E-state index is 0.597. The fourth-order valence-corrected chi connectivity index (χ4v) is 2.21. The van der Waals surface area contributed by atoms with Crippen LogP contribution in [-0.4, -0.2) is 16.8 Å². The fraction of sp³-hybridized carbons (Fsp3) is 0.875. The van der Waals surface area contributed by atoms with Gasteiger partial charge in [-0.05, 0) is 12.3 Å². The van der Waals surface area contributed by atoms with Gasteiger partial charge in [0, 0.05) is 5.75 Å². The van der Waals surface area contributed by atoms with Gasteiger partial charge in [0.05, 0.1) is 11.1 Å². The molecule has 58 valence electrons. The molecule has 0 aromatic carbocycles. The molecule has 0 saturated carbocycles. The van der Waals surface area contributed by atoms with Crippen molar-refractivity contribution in [2.75, 3.05) is 5.75 Å². The predicted molar refractivity (Wildman–Crippen MR) is 48.8 cm³/mol. The van der Waals surface area contributed by atoms with Crippen LogP contribution in [-0.2, 0) is 0 Å². The molecule has 0 N–H and O–H groups in total. The van der Waals surface area contributed by atoms with Crippen molar-refractivity contribution in [3.8, 4) is 0 Å². The van der Waals surface area contributed by atoms with Gasteiger partial charge in [0.1, 0.15) is 0 Å². The molecule has 1 aliphatic rings. The molecule has 0 radical (unpaired) electrons. The Morgan fingerprint density at radius 2 is 2.40 bits per heavy atom. The molecule has 0 fully saturated rings. The zero-order valence-corrected chi connectivity index (χ0v) is 7.74. The third-order valence-corrected chi connectivity index (χ3v) is 3.04. The topological polar surface area (TPSA) is 12.4 Å². The molecule has 0 aromatic rings. The van der Waals surface area contributed by atoms with Crippen molar-refractivity contribution in [3.05, 3.63) is 0 Å². The Morgan fingerprint density at radius 1 is 1.70 bits per heavy atom. The maximum Gasteiger partial charge on any atom is 0.0677 e. The van der Waals surface area contributed by atoms with Crippen molar-refractivity contribution >= 4 is 16.8 Å². The van der Waals surface area contributed by atoms with Gasteiger partial charge >= 0.3 is 0 Å². The lowest BCUT2D eigenvalue weighted by Gasteiger charge is -2.07. The summed E-state index contributed by atoms with van der Waals surface area (Å²) in [5.41, 5.74) is 0. The van der Waals surface area contributed by atoms with Crippen molar-refractivity contribution in [1.29, 1.82) is 0 Å². The SMILES string of the molecule is CCC1=N[C@@H](C(C)C)CS1. The van der Waals surface area contributed by atoms with E-state index in [9.17, 15) is 0 Å². The van der Waals surface area contributed by atoms with E-state index in [2.05, 4.69) is 25.8 Å². The molecule has 0 bridgehead atoms. The highest BCUT2D eigenvalue weighted by Gasteiger charge is 2.19. The van der Waals surface area contributed by atoms with Crippen molar-refractivity contribution in [3.63, 3.8) is 0 Å². The van der Waals surface area contributed by atoms with E-state index in [4.69, 9.17) is 0 Å². The van der Waals surface area contributed by atoms with Crippen molar-refractivity contribution < 1.29 is 0 Å². The maximum atomic E-state index is 4.59.